The topological polar surface area (TPSA) is 132 Å². The lowest BCUT2D eigenvalue weighted by Gasteiger charge is -2.12. The number of primary amides is 1. The van der Waals surface area contributed by atoms with Crippen LogP contribution in [0.3, 0.4) is 0 Å². The quantitative estimate of drug-likeness (QED) is 0.607. The summed E-state index contributed by atoms with van der Waals surface area (Å²) < 4.78 is 23.4. The molecule has 0 spiro atoms. The van der Waals surface area contributed by atoms with Crippen LogP contribution in [-0.4, -0.2) is 36.8 Å². The number of amides is 1. The molecular formula is C12H15N3O5S. The van der Waals surface area contributed by atoms with E-state index in [1.807, 2.05) is 0 Å². The zero-order valence-electron chi connectivity index (χ0n) is 11.1. The molecule has 1 atom stereocenters. The SMILES string of the molecule is NC(=O)c1ccc(NCC2CCCS2(=O)=O)c([N+](=O)[O-])c1. The summed E-state index contributed by atoms with van der Waals surface area (Å²) in [7, 11) is -3.12. The Hall–Kier alpha value is -2.16. The van der Waals surface area contributed by atoms with Gasteiger partial charge < -0.3 is 11.1 Å². The van der Waals surface area contributed by atoms with E-state index in [2.05, 4.69) is 5.32 Å². The number of carbonyl (C=O) groups excluding carboxylic acids is 1. The molecule has 1 fully saturated rings. The summed E-state index contributed by atoms with van der Waals surface area (Å²) in [6.07, 6.45) is 1.15. The highest BCUT2D eigenvalue weighted by Gasteiger charge is 2.31. The normalized spacial score (nSPS) is 20.1. The second-order valence-corrected chi connectivity index (χ2v) is 7.27. The number of rotatable bonds is 5. The molecule has 114 valence electrons. The molecule has 1 aliphatic heterocycles. The molecule has 2 rings (SSSR count). The van der Waals surface area contributed by atoms with Gasteiger partial charge in [0.05, 0.1) is 15.9 Å². The number of nitrogens with one attached hydrogen (secondary N) is 1. The molecule has 0 aliphatic carbocycles. The Bertz CT molecular complexity index is 686. The Kier molecular flexibility index (Phi) is 4.12. The van der Waals surface area contributed by atoms with Crippen molar-refractivity contribution in [2.45, 2.75) is 18.1 Å². The highest BCUT2D eigenvalue weighted by atomic mass is 32.2. The minimum Gasteiger partial charge on any atom is -0.378 e. The first kappa shape index (κ1) is 15.2. The maximum atomic E-state index is 11.7. The van der Waals surface area contributed by atoms with Crippen LogP contribution in [0, 0.1) is 10.1 Å². The van der Waals surface area contributed by atoms with Crippen LogP contribution in [0.25, 0.3) is 0 Å². The Morgan fingerprint density at radius 3 is 2.71 bits per heavy atom. The standard InChI is InChI=1S/C12H15N3O5S/c13-12(16)8-3-4-10(11(6-8)15(17)18)14-7-9-2-1-5-21(9,19)20/h3-4,6,9,14H,1-2,5,7H2,(H2,13,16). The molecular weight excluding hydrogens is 298 g/mol. The van der Waals surface area contributed by atoms with Crippen LogP contribution in [-0.2, 0) is 9.84 Å². The van der Waals surface area contributed by atoms with Gasteiger partial charge >= 0.3 is 0 Å². The first-order valence-electron chi connectivity index (χ1n) is 6.35. The highest BCUT2D eigenvalue weighted by molar-refractivity contribution is 7.92. The summed E-state index contributed by atoms with van der Waals surface area (Å²) >= 11 is 0. The van der Waals surface area contributed by atoms with Crippen LogP contribution in [0.1, 0.15) is 23.2 Å². The van der Waals surface area contributed by atoms with Crippen LogP contribution in [0.2, 0.25) is 0 Å². The molecule has 1 aromatic carbocycles. The van der Waals surface area contributed by atoms with Crippen molar-refractivity contribution >= 4 is 27.1 Å². The van der Waals surface area contributed by atoms with Gasteiger partial charge in [-0.25, -0.2) is 8.42 Å². The summed E-state index contributed by atoms with van der Waals surface area (Å²) in [6, 6.07) is 3.80. The molecule has 1 saturated heterocycles. The molecule has 1 heterocycles. The fraction of sp³-hybridized carbons (Fsp3) is 0.417. The Labute approximate surface area is 121 Å². The van der Waals surface area contributed by atoms with E-state index in [1.165, 1.54) is 12.1 Å². The number of hydrogen-bond acceptors (Lipinski definition) is 6. The Morgan fingerprint density at radius 1 is 1.48 bits per heavy atom. The van der Waals surface area contributed by atoms with Gasteiger partial charge in [-0.2, -0.15) is 0 Å². The minimum atomic E-state index is -3.12. The van der Waals surface area contributed by atoms with E-state index in [0.717, 1.165) is 6.07 Å². The number of nitrogens with two attached hydrogens (primary N) is 1. The molecule has 0 bridgehead atoms. The van der Waals surface area contributed by atoms with E-state index >= 15 is 0 Å². The van der Waals surface area contributed by atoms with E-state index in [4.69, 9.17) is 5.73 Å². The zero-order chi connectivity index (χ0) is 15.6. The monoisotopic (exact) mass is 313 g/mol. The summed E-state index contributed by atoms with van der Waals surface area (Å²) in [4.78, 5) is 21.4. The smallest absolute Gasteiger partial charge is 0.293 e. The third-order valence-corrected chi connectivity index (χ3v) is 5.74. The van der Waals surface area contributed by atoms with Crippen molar-refractivity contribution < 1.29 is 18.1 Å². The third kappa shape index (κ3) is 3.30. The van der Waals surface area contributed by atoms with Crippen molar-refractivity contribution in [3.63, 3.8) is 0 Å². The lowest BCUT2D eigenvalue weighted by Crippen LogP contribution is -2.25. The van der Waals surface area contributed by atoms with Crippen LogP contribution >= 0.6 is 0 Å². The molecule has 1 aliphatic rings. The predicted molar refractivity (Wildman–Crippen MR) is 76.9 cm³/mol. The van der Waals surface area contributed by atoms with Crippen molar-refractivity contribution in [1.29, 1.82) is 0 Å². The van der Waals surface area contributed by atoms with Crippen molar-refractivity contribution in [2.24, 2.45) is 5.73 Å². The number of sulfone groups is 1. The van der Waals surface area contributed by atoms with Gasteiger partial charge in [0.25, 0.3) is 5.69 Å². The first-order chi connectivity index (χ1) is 9.81. The summed E-state index contributed by atoms with van der Waals surface area (Å²) in [5, 5.41) is 13.3. The summed E-state index contributed by atoms with van der Waals surface area (Å²) in [5.74, 6) is -0.606. The molecule has 3 N–H and O–H groups in total. The van der Waals surface area contributed by atoms with Gasteiger partial charge in [0.2, 0.25) is 5.91 Å². The molecule has 21 heavy (non-hydrogen) atoms. The van der Waals surface area contributed by atoms with Gasteiger partial charge in [0, 0.05) is 18.2 Å². The lowest BCUT2D eigenvalue weighted by molar-refractivity contribution is -0.384. The number of benzene rings is 1. The van der Waals surface area contributed by atoms with Gasteiger partial charge in [0.15, 0.2) is 9.84 Å². The third-order valence-electron chi connectivity index (χ3n) is 3.46. The Morgan fingerprint density at radius 2 is 2.19 bits per heavy atom. The summed E-state index contributed by atoms with van der Waals surface area (Å²) in [6.45, 7) is 0.110. The predicted octanol–water partition coefficient (Wildman–Crippen LogP) is 0.683. The van der Waals surface area contributed by atoms with Crippen molar-refractivity contribution in [3.8, 4) is 0 Å². The average Bonchev–Trinajstić information content (AvgIpc) is 2.74. The van der Waals surface area contributed by atoms with Crippen LogP contribution in [0.5, 0.6) is 0 Å². The van der Waals surface area contributed by atoms with Crippen LogP contribution in [0.4, 0.5) is 11.4 Å². The number of carbonyl (C=O) groups is 1. The van der Waals surface area contributed by atoms with E-state index in [0.29, 0.717) is 12.8 Å². The van der Waals surface area contributed by atoms with Crippen molar-refractivity contribution in [3.05, 3.63) is 33.9 Å². The second kappa shape index (κ2) is 5.68. The van der Waals surface area contributed by atoms with Gasteiger partial charge in [0.1, 0.15) is 5.69 Å². The van der Waals surface area contributed by atoms with E-state index in [-0.39, 0.29) is 29.2 Å². The van der Waals surface area contributed by atoms with Crippen LogP contribution in [0.15, 0.2) is 18.2 Å². The van der Waals surface area contributed by atoms with E-state index in [9.17, 15) is 23.3 Å². The number of hydrogen-bond donors (Lipinski definition) is 2. The largest absolute Gasteiger partial charge is 0.378 e. The number of nitro groups is 1. The highest BCUT2D eigenvalue weighted by Crippen LogP contribution is 2.27. The molecule has 0 saturated carbocycles. The Balaban J connectivity index is 2.20. The molecule has 0 aromatic heterocycles. The molecule has 1 unspecified atom stereocenters. The number of nitro benzene ring substituents is 1. The number of anilines is 1. The fourth-order valence-electron chi connectivity index (χ4n) is 2.30. The van der Waals surface area contributed by atoms with Gasteiger partial charge in [-0.3, -0.25) is 14.9 Å². The van der Waals surface area contributed by atoms with E-state index in [1.54, 1.807) is 0 Å². The molecule has 0 radical (unpaired) electrons. The fourth-order valence-corrected chi connectivity index (χ4v) is 4.06. The van der Waals surface area contributed by atoms with Crippen molar-refractivity contribution in [2.75, 3.05) is 17.6 Å². The maximum absolute atomic E-state index is 11.7. The zero-order valence-corrected chi connectivity index (χ0v) is 11.9. The first-order valence-corrected chi connectivity index (χ1v) is 8.06. The minimum absolute atomic E-state index is 0.0285. The second-order valence-electron chi connectivity index (χ2n) is 4.87. The van der Waals surface area contributed by atoms with Gasteiger partial charge in [-0.1, -0.05) is 0 Å². The van der Waals surface area contributed by atoms with Crippen molar-refractivity contribution in [1.82, 2.24) is 0 Å². The summed E-state index contributed by atoms with van der Waals surface area (Å²) in [5.41, 5.74) is 4.98. The molecule has 1 aromatic rings. The number of nitrogens with zero attached hydrogens (tertiary/aromatic N) is 1. The molecule has 8 nitrogen and oxygen atoms in total. The van der Waals surface area contributed by atoms with Gasteiger partial charge in [-0.05, 0) is 25.0 Å². The van der Waals surface area contributed by atoms with Crippen LogP contribution < -0.4 is 11.1 Å². The molecule has 9 heteroatoms. The van der Waals surface area contributed by atoms with Gasteiger partial charge in [-0.15, -0.1) is 0 Å². The maximum Gasteiger partial charge on any atom is 0.293 e. The average molecular weight is 313 g/mol. The van der Waals surface area contributed by atoms with E-state index < -0.39 is 25.9 Å². The molecule has 1 amide bonds. The lowest BCUT2D eigenvalue weighted by atomic mass is 10.1.